The monoisotopic (exact) mass is 271 g/mol. The fraction of sp³-hybridized carbons (Fsp3) is 0.462. The molecule has 0 aliphatic heterocycles. The number of carboxylic acids is 1. The average Bonchev–Trinajstić information content (AvgIpc) is 2.28. The maximum Gasteiger partial charge on any atom is 0.339 e. The Bertz CT molecular complexity index is 421. The molecule has 0 saturated carbocycles. The Balaban J connectivity index is 2.74. The van der Waals surface area contributed by atoms with E-state index in [2.05, 4.69) is 4.90 Å². The molecule has 4 nitrogen and oxygen atoms in total. The van der Waals surface area contributed by atoms with Crippen molar-refractivity contribution in [2.75, 3.05) is 20.6 Å². The van der Waals surface area contributed by atoms with Crippen LogP contribution in [0.4, 0.5) is 0 Å². The first-order chi connectivity index (χ1) is 8.40. The number of ether oxygens (including phenoxy) is 1. The predicted octanol–water partition coefficient (Wildman–Crippen LogP) is 2.76. The van der Waals surface area contributed by atoms with Gasteiger partial charge in [0, 0.05) is 11.6 Å². The van der Waals surface area contributed by atoms with Crippen molar-refractivity contribution < 1.29 is 14.6 Å². The van der Waals surface area contributed by atoms with Gasteiger partial charge in [0.05, 0.1) is 6.10 Å². The van der Waals surface area contributed by atoms with Gasteiger partial charge in [-0.15, -0.1) is 0 Å². The quantitative estimate of drug-likeness (QED) is 0.864. The first-order valence-electron chi connectivity index (χ1n) is 5.74. The minimum atomic E-state index is -1.03. The molecule has 0 saturated heterocycles. The van der Waals surface area contributed by atoms with E-state index in [1.165, 1.54) is 6.07 Å². The average molecular weight is 272 g/mol. The molecular weight excluding hydrogens is 254 g/mol. The number of aromatic carboxylic acids is 1. The number of halogens is 1. The number of hydrogen-bond acceptors (Lipinski definition) is 3. The van der Waals surface area contributed by atoms with Crippen molar-refractivity contribution in [1.29, 1.82) is 0 Å². The topological polar surface area (TPSA) is 49.8 Å². The lowest BCUT2D eigenvalue weighted by molar-refractivity contribution is 0.0689. The van der Waals surface area contributed by atoms with Crippen LogP contribution in [-0.4, -0.2) is 42.7 Å². The number of benzene rings is 1. The van der Waals surface area contributed by atoms with Crippen molar-refractivity contribution >= 4 is 17.6 Å². The molecule has 0 radical (unpaired) electrons. The van der Waals surface area contributed by atoms with Crippen LogP contribution in [-0.2, 0) is 0 Å². The zero-order valence-electron chi connectivity index (χ0n) is 10.8. The molecule has 0 heterocycles. The number of carboxylic acid groups (broad SMARTS) is 1. The number of hydrogen-bond donors (Lipinski definition) is 1. The van der Waals surface area contributed by atoms with Crippen LogP contribution in [0.25, 0.3) is 0 Å². The van der Waals surface area contributed by atoms with Crippen LogP contribution in [0.2, 0.25) is 5.02 Å². The maximum absolute atomic E-state index is 11.1. The van der Waals surface area contributed by atoms with E-state index < -0.39 is 5.97 Å². The Labute approximate surface area is 112 Å². The van der Waals surface area contributed by atoms with E-state index in [-0.39, 0.29) is 11.7 Å². The summed E-state index contributed by atoms with van der Waals surface area (Å²) in [4.78, 5) is 13.1. The van der Waals surface area contributed by atoms with E-state index in [1.807, 2.05) is 21.0 Å². The number of carbonyl (C=O) groups is 1. The SMILES string of the molecule is CC(CCN(C)C)Oc1ccc(Cl)cc1C(=O)O. The highest BCUT2D eigenvalue weighted by atomic mass is 35.5. The highest BCUT2D eigenvalue weighted by Crippen LogP contribution is 2.24. The molecule has 18 heavy (non-hydrogen) atoms. The minimum Gasteiger partial charge on any atom is -0.490 e. The first-order valence-corrected chi connectivity index (χ1v) is 6.12. The van der Waals surface area contributed by atoms with Gasteiger partial charge in [0.1, 0.15) is 11.3 Å². The second-order valence-electron chi connectivity index (χ2n) is 4.47. The molecule has 1 aromatic rings. The summed E-state index contributed by atoms with van der Waals surface area (Å²) in [5, 5.41) is 9.46. The van der Waals surface area contributed by atoms with Crippen LogP contribution in [0, 0.1) is 0 Å². The molecule has 0 aromatic heterocycles. The van der Waals surface area contributed by atoms with E-state index in [0.717, 1.165) is 13.0 Å². The highest BCUT2D eigenvalue weighted by Gasteiger charge is 2.14. The molecule has 0 aliphatic carbocycles. The van der Waals surface area contributed by atoms with Crippen LogP contribution < -0.4 is 4.74 Å². The predicted molar refractivity (Wildman–Crippen MR) is 71.7 cm³/mol. The van der Waals surface area contributed by atoms with E-state index in [1.54, 1.807) is 12.1 Å². The summed E-state index contributed by atoms with van der Waals surface area (Å²) < 4.78 is 5.65. The molecule has 0 fully saturated rings. The Morgan fingerprint density at radius 3 is 2.72 bits per heavy atom. The van der Waals surface area contributed by atoms with Gasteiger partial charge in [-0.25, -0.2) is 4.79 Å². The molecule has 100 valence electrons. The third kappa shape index (κ3) is 4.55. The zero-order chi connectivity index (χ0) is 13.7. The fourth-order valence-electron chi connectivity index (χ4n) is 1.49. The molecule has 0 bridgehead atoms. The van der Waals surface area contributed by atoms with Crippen molar-refractivity contribution in [3.63, 3.8) is 0 Å². The largest absolute Gasteiger partial charge is 0.490 e. The van der Waals surface area contributed by atoms with Crippen LogP contribution in [0.15, 0.2) is 18.2 Å². The van der Waals surface area contributed by atoms with Gasteiger partial charge in [-0.3, -0.25) is 0 Å². The summed E-state index contributed by atoms with van der Waals surface area (Å²) in [6, 6.07) is 4.62. The molecule has 0 spiro atoms. The van der Waals surface area contributed by atoms with Gasteiger partial charge in [-0.1, -0.05) is 11.6 Å². The molecule has 0 aliphatic rings. The van der Waals surface area contributed by atoms with Gasteiger partial charge in [0.2, 0.25) is 0 Å². The first kappa shape index (κ1) is 14.8. The molecule has 1 N–H and O–H groups in total. The smallest absolute Gasteiger partial charge is 0.339 e. The van der Waals surface area contributed by atoms with Crippen LogP contribution >= 0.6 is 11.6 Å². The van der Waals surface area contributed by atoms with Gasteiger partial charge in [0.25, 0.3) is 0 Å². The second-order valence-corrected chi connectivity index (χ2v) is 4.90. The molecule has 1 aromatic carbocycles. The van der Waals surface area contributed by atoms with Gasteiger partial charge in [0.15, 0.2) is 0 Å². The summed E-state index contributed by atoms with van der Waals surface area (Å²) >= 11 is 5.77. The molecule has 5 heteroatoms. The standard InChI is InChI=1S/C13H18ClNO3/c1-9(6-7-15(2)3)18-12-5-4-10(14)8-11(12)13(16)17/h4-5,8-9H,6-7H2,1-3H3,(H,16,17). The lowest BCUT2D eigenvalue weighted by Gasteiger charge is -2.18. The highest BCUT2D eigenvalue weighted by molar-refractivity contribution is 6.31. The van der Waals surface area contributed by atoms with Crippen molar-refractivity contribution in [3.8, 4) is 5.75 Å². The Morgan fingerprint density at radius 2 is 2.17 bits per heavy atom. The summed E-state index contributed by atoms with van der Waals surface area (Å²) in [6.45, 7) is 2.81. The van der Waals surface area contributed by atoms with E-state index in [9.17, 15) is 4.79 Å². The van der Waals surface area contributed by atoms with Gasteiger partial charge < -0.3 is 14.7 Å². The molecule has 1 unspecified atom stereocenters. The third-order valence-corrected chi connectivity index (χ3v) is 2.72. The van der Waals surface area contributed by atoms with Gasteiger partial charge in [-0.05, 0) is 45.6 Å². The maximum atomic E-state index is 11.1. The van der Waals surface area contributed by atoms with Gasteiger partial charge in [-0.2, -0.15) is 0 Å². The van der Waals surface area contributed by atoms with E-state index in [4.69, 9.17) is 21.4 Å². The molecule has 1 atom stereocenters. The zero-order valence-corrected chi connectivity index (χ0v) is 11.6. The Morgan fingerprint density at radius 1 is 1.50 bits per heavy atom. The van der Waals surface area contributed by atoms with E-state index in [0.29, 0.717) is 10.8 Å². The third-order valence-electron chi connectivity index (χ3n) is 2.48. The summed E-state index contributed by atoms with van der Waals surface area (Å²) in [6.07, 6.45) is 0.779. The molecule has 1 rings (SSSR count). The number of nitrogens with zero attached hydrogens (tertiary/aromatic N) is 1. The summed E-state index contributed by atoms with van der Waals surface area (Å²) in [7, 11) is 3.97. The summed E-state index contributed by atoms with van der Waals surface area (Å²) in [5.41, 5.74) is 0.0965. The second kappa shape index (κ2) is 6.61. The van der Waals surface area contributed by atoms with Crippen LogP contribution in [0.1, 0.15) is 23.7 Å². The van der Waals surface area contributed by atoms with Crippen LogP contribution in [0.3, 0.4) is 0 Å². The number of rotatable bonds is 6. The Kier molecular flexibility index (Phi) is 5.44. The normalized spacial score (nSPS) is 12.5. The van der Waals surface area contributed by atoms with Crippen molar-refractivity contribution in [3.05, 3.63) is 28.8 Å². The van der Waals surface area contributed by atoms with E-state index >= 15 is 0 Å². The fourth-order valence-corrected chi connectivity index (χ4v) is 1.66. The van der Waals surface area contributed by atoms with Gasteiger partial charge >= 0.3 is 5.97 Å². The van der Waals surface area contributed by atoms with Crippen molar-refractivity contribution in [1.82, 2.24) is 4.90 Å². The Hall–Kier alpha value is -1.26. The van der Waals surface area contributed by atoms with Crippen molar-refractivity contribution in [2.45, 2.75) is 19.4 Å². The van der Waals surface area contributed by atoms with Crippen molar-refractivity contribution in [2.24, 2.45) is 0 Å². The minimum absolute atomic E-state index is 0.0494. The summed E-state index contributed by atoms with van der Waals surface area (Å²) in [5.74, 6) is -0.675. The molecule has 0 amide bonds. The molecular formula is C13H18ClNO3. The van der Waals surface area contributed by atoms with Crippen LogP contribution in [0.5, 0.6) is 5.75 Å². The lowest BCUT2D eigenvalue weighted by Crippen LogP contribution is -2.22. The lowest BCUT2D eigenvalue weighted by atomic mass is 10.2.